The van der Waals surface area contributed by atoms with Gasteiger partial charge in [0.25, 0.3) is 0 Å². The van der Waals surface area contributed by atoms with Crippen LogP contribution in [0.3, 0.4) is 0 Å². The highest BCUT2D eigenvalue weighted by Crippen LogP contribution is 2.35. The van der Waals surface area contributed by atoms with Gasteiger partial charge in [-0.05, 0) is 86.5 Å². The molecule has 1 fully saturated rings. The zero-order valence-corrected chi connectivity index (χ0v) is 19.4. The topological polar surface area (TPSA) is 21.7 Å². The number of likely N-dealkylation sites (N-methyl/N-ethyl adjacent to an activating group) is 1. The van der Waals surface area contributed by atoms with Gasteiger partial charge < -0.3 is 14.4 Å². The number of benzene rings is 3. The standard InChI is InChI=1S/C29H35NO2/c1-23-7-6-10-29(21-23)31-20-19-30(2)27-15-11-25(12-16-27)26-13-17-28(18-14-26)32-22-24-8-4-3-5-9-24/h3-10,13-14,17-18,21,25,27H,11-12,15-16,19-20,22H2,1-2H3/t25-,27-. The molecule has 0 heterocycles. The summed E-state index contributed by atoms with van der Waals surface area (Å²) in [6, 6.07) is 28.0. The summed E-state index contributed by atoms with van der Waals surface area (Å²) in [7, 11) is 2.24. The Morgan fingerprint density at radius 3 is 2.25 bits per heavy atom. The van der Waals surface area contributed by atoms with Crippen molar-refractivity contribution >= 4 is 0 Å². The van der Waals surface area contributed by atoms with E-state index in [1.165, 1.54) is 42.4 Å². The number of nitrogens with zero attached hydrogens (tertiary/aromatic N) is 1. The lowest BCUT2D eigenvalue weighted by atomic mass is 9.81. The van der Waals surface area contributed by atoms with Crippen molar-refractivity contribution in [3.63, 3.8) is 0 Å². The van der Waals surface area contributed by atoms with E-state index < -0.39 is 0 Å². The zero-order chi connectivity index (χ0) is 22.2. The normalized spacial score (nSPS) is 18.5. The van der Waals surface area contributed by atoms with Crippen molar-refractivity contribution in [1.29, 1.82) is 0 Å². The second kappa shape index (κ2) is 11.2. The van der Waals surface area contributed by atoms with Crippen molar-refractivity contribution in [3.8, 4) is 11.5 Å². The van der Waals surface area contributed by atoms with E-state index in [2.05, 4.69) is 73.5 Å². The number of rotatable bonds is 9. The first kappa shape index (κ1) is 22.4. The fourth-order valence-electron chi connectivity index (χ4n) is 4.62. The van der Waals surface area contributed by atoms with Crippen LogP contribution in [0.25, 0.3) is 0 Å². The lowest BCUT2D eigenvalue weighted by Gasteiger charge is -2.35. The van der Waals surface area contributed by atoms with Crippen molar-refractivity contribution < 1.29 is 9.47 Å². The third-order valence-electron chi connectivity index (χ3n) is 6.62. The van der Waals surface area contributed by atoms with Crippen molar-refractivity contribution in [1.82, 2.24) is 4.90 Å². The minimum atomic E-state index is 0.616. The van der Waals surface area contributed by atoms with Gasteiger partial charge in [0.15, 0.2) is 0 Å². The Morgan fingerprint density at radius 2 is 1.53 bits per heavy atom. The van der Waals surface area contributed by atoms with Crippen LogP contribution in [0.4, 0.5) is 0 Å². The Labute approximate surface area is 193 Å². The fraction of sp³-hybridized carbons (Fsp3) is 0.379. The first-order valence-corrected chi connectivity index (χ1v) is 11.8. The van der Waals surface area contributed by atoms with Crippen LogP contribution in [0.15, 0.2) is 78.9 Å². The third kappa shape index (κ3) is 6.37. The molecular formula is C29H35NO2. The first-order valence-electron chi connectivity index (χ1n) is 11.8. The Kier molecular flexibility index (Phi) is 7.84. The predicted molar refractivity (Wildman–Crippen MR) is 132 cm³/mol. The molecule has 0 atom stereocenters. The molecule has 4 rings (SSSR count). The van der Waals surface area contributed by atoms with Gasteiger partial charge in [0.05, 0.1) is 0 Å². The van der Waals surface area contributed by atoms with E-state index >= 15 is 0 Å². The summed E-state index contributed by atoms with van der Waals surface area (Å²) >= 11 is 0. The molecule has 1 aliphatic rings. The highest BCUT2D eigenvalue weighted by atomic mass is 16.5. The Hall–Kier alpha value is -2.78. The van der Waals surface area contributed by atoms with Crippen molar-refractivity contribution in [3.05, 3.63) is 95.6 Å². The van der Waals surface area contributed by atoms with E-state index in [4.69, 9.17) is 9.47 Å². The molecule has 1 saturated carbocycles. The largest absolute Gasteiger partial charge is 0.492 e. The summed E-state index contributed by atoms with van der Waals surface area (Å²) in [5, 5.41) is 0. The molecule has 0 N–H and O–H groups in total. The van der Waals surface area contributed by atoms with Crippen LogP contribution >= 0.6 is 0 Å². The van der Waals surface area contributed by atoms with Crippen LogP contribution in [0.2, 0.25) is 0 Å². The number of ether oxygens (including phenoxy) is 2. The van der Waals surface area contributed by atoms with Gasteiger partial charge in [-0.1, -0.05) is 54.6 Å². The smallest absolute Gasteiger partial charge is 0.119 e. The van der Waals surface area contributed by atoms with Crippen molar-refractivity contribution in [2.45, 2.75) is 51.2 Å². The van der Waals surface area contributed by atoms with Gasteiger partial charge >= 0.3 is 0 Å². The average Bonchev–Trinajstić information content (AvgIpc) is 2.84. The summed E-state index contributed by atoms with van der Waals surface area (Å²) in [5.74, 6) is 2.57. The summed E-state index contributed by atoms with van der Waals surface area (Å²) in [4.78, 5) is 2.48. The van der Waals surface area contributed by atoms with Gasteiger partial charge in [-0.2, -0.15) is 0 Å². The van der Waals surface area contributed by atoms with E-state index in [-0.39, 0.29) is 0 Å². The van der Waals surface area contributed by atoms with Crippen LogP contribution in [0.5, 0.6) is 11.5 Å². The fourth-order valence-corrected chi connectivity index (χ4v) is 4.62. The van der Waals surface area contributed by atoms with Gasteiger partial charge in [0, 0.05) is 12.6 Å². The highest BCUT2D eigenvalue weighted by Gasteiger charge is 2.24. The van der Waals surface area contributed by atoms with E-state index in [1.54, 1.807) is 0 Å². The lowest BCUT2D eigenvalue weighted by molar-refractivity contribution is 0.154. The molecule has 0 aromatic heterocycles. The Bertz CT molecular complexity index is 946. The summed E-state index contributed by atoms with van der Waals surface area (Å²) in [5.41, 5.74) is 3.88. The molecule has 0 spiro atoms. The van der Waals surface area contributed by atoms with Gasteiger partial charge in [0.1, 0.15) is 24.7 Å². The summed E-state index contributed by atoms with van der Waals surface area (Å²) < 4.78 is 11.9. The third-order valence-corrected chi connectivity index (χ3v) is 6.62. The Morgan fingerprint density at radius 1 is 0.781 bits per heavy atom. The maximum atomic E-state index is 5.94. The molecule has 0 bridgehead atoms. The summed E-state index contributed by atoms with van der Waals surface area (Å²) in [6.07, 6.45) is 4.99. The van der Waals surface area contributed by atoms with E-state index in [0.29, 0.717) is 18.6 Å². The van der Waals surface area contributed by atoms with Gasteiger partial charge in [-0.3, -0.25) is 0 Å². The molecular weight excluding hydrogens is 394 g/mol. The number of hydrogen-bond acceptors (Lipinski definition) is 3. The predicted octanol–water partition coefficient (Wildman–Crippen LogP) is 6.61. The zero-order valence-electron chi connectivity index (χ0n) is 19.4. The van der Waals surface area contributed by atoms with E-state index in [0.717, 1.165) is 24.7 Å². The molecule has 3 aromatic rings. The highest BCUT2D eigenvalue weighted by molar-refractivity contribution is 5.30. The van der Waals surface area contributed by atoms with Crippen LogP contribution < -0.4 is 9.47 Å². The van der Waals surface area contributed by atoms with Crippen LogP contribution in [-0.4, -0.2) is 31.1 Å². The van der Waals surface area contributed by atoms with E-state index in [9.17, 15) is 0 Å². The molecule has 3 aromatic carbocycles. The maximum Gasteiger partial charge on any atom is 0.119 e. The second-order valence-corrected chi connectivity index (χ2v) is 8.99. The van der Waals surface area contributed by atoms with E-state index in [1.807, 2.05) is 24.3 Å². The monoisotopic (exact) mass is 429 g/mol. The van der Waals surface area contributed by atoms with Crippen LogP contribution in [0, 0.1) is 6.92 Å². The molecule has 3 nitrogen and oxygen atoms in total. The first-order chi connectivity index (χ1) is 15.7. The molecule has 3 heteroatoms. The SMILES string of the molecule is Cc1cccc(OCCN(C)[C@H]2CC[C@H](c3ccc(OCc4ccccc4)cc3)CC2)c1. The van der Waals surface area contributed by atoms with Gasteiger partial charge in [-0.15, -0.1) is 0 Å². The van der Waals surface area contributed by atoms with Gasteiger partial charge in [0.2, 0.25) is 0 Å². The second-order valence-electron chi connectivity index (χ2n) is 8.99. The molecule has 0 saturated heterocycles. The average molecular weight is 430 g/mol. The number of hydrogen-bond donors (Lipinski definition) is 0. The number of aryl methyl sites for hydroxylation is 1. The van der Waals surface area contributed by atoms with Crippen molar-refractivity contribution in [2.24, 2.45) is 0 Å². The minimum absolute atomic E-state index is 0.616. The Balaban J connectivity index is 1.19. The van der Waals surface area contributed by atoms with Gasteiger partial charge in [-0.25, -0.2) is 0 Å². The summed E-state index contributed by atoms with van der Waals surface area (Å²) in [6.45, 7) is 4.43. The molecule has 0 aliphatic heterocycles. The van der Waals surface area contributed by atoms with Crippen LogP contribution in [-0.2, 0) is 6.61 Å². The van der Waals surface area contributed by atoms with Crippen molar-refractivity contribution in [2.75, 3.05) is 20.2 Å². The molecule has 0 unspecified atom stereocenters. The quantitative estimate of drug-likeness (QED) is 0.382. The molecule has 168 valence electrons. The molecule has 1 aliphatic carbocycles. The lowest BCUT2D eigenvalue weighted by Crippen LogP contribution is -2.37. The minimum Gasteiger partial charge on any atom is -0.492 e. The molecule has 0 amide bonds. The molecule has 0 radical (unpaired) electrons. The van der Waals surface area contributed by atoms with Crippen LogP contribution in [0.1, 0.15) is 48.3 Å². The molecule has 32 heavy (non-hydrogen) atoms. The maximum absolute atomic E-state index is 5.94.